The Morgan fingerprint density at radius 3 is 1.52 bits per heavy atom. The largest absolute Gasteiger partial charge is 0.433 e. The zero-order valence-corrected chi connectivity index (χ0v) is 35.2. The van der Waals surface area contributed by atoms with Crippen molar-refractivity contribution in [2.24, 2.45) is 17.3 Å². The molecule has 2 aromatic heterocycles. The number of benzene rings is 2. The van der Waals surface area contributed by atoms with Gasteiger partial charge >= 0.3 is 12.2 Å². The van der Waals surface area contributed by atoms with Gasteiger partial charge in [0.05, 0.1) is 36.4 Å². The zero-order chi connectivity index (χ0) is 42.0. The molecule has 14 heteroatoms. The van der Waals surface area contributed by atoms with E-state index in [4.69, 9.17) is 14.5 Å². The number of aromatic amines is 2. The van der Waals surface area contributed by atoms with Crippen molar-refractivity contribution in [2.75, 3.05) is 26.2 Å². The van der Waals surface area contributed by atoms with Gasteiger partial charge in [0.2, 0.25) is 0 Å². The molecule has 4 N–H and O–H groups in total. The third kappa shape index (κ3) is 8.90. The Morgan fingerprint density at radius 1 is 0.655 bits per heavy atom. The molecule has 0 bridgehead atoms. The quantitative estimate of drug-likeness (QED) is 0.108. The number of carbonyl (C=O) groups excluding carboxylic acids is 4. The first-order chi connectivity index (χ1) is 27.4. The van der Waals surface area contributed by atoms with Gasteiger partial charge < -0.3 is 39.9 Å². The van der Waals surface area contributed by atoms with Crippen LogP contribution in [0.3, 0.4) is 0 Å². The summed E-state index contributed by atoms with van der Waals surface area (Å²) in [4.78, 5) is 71.4. The van der Waals surface area contributed by atoms with Gasteiger partial charge in [0.25, 0.3) is 11.8 Å². The Hall–Kier alpha value is -5.66. The molecule has 0 spiro atoms. The molecule has 4 heterocycles. The van der Waals surface area contributed by atoms with E-state index in [1.807, 2.05) is 84.9 Å². The third-order valence-electron chi connectivity index (χ3n) is 11.7. The normalized spacial score (nSPS) is 16.7. The summed E-state index contributed by atoms with van der Waals surface area (Å²) in [6.07, 6.45) is 4.45. The van der Waals surface area contributed by atoms with Crippen molar-refractivity contribution in [3.63, 3.8) is 0 Å². The summed E-state index contributed by atoms with van der Waals surface area (Å²) in [5.41, 5.74) is 2.49. The monoisotopic (exact) mass is 794 g/mol. The highest BCUT2D eigenvalue weighted by molar-refractivity contribution is 5.88. The van der Waals surface area contributed by atoms with Gasteiger partial charge in [0, 0.05) is 38.0 Å². The second-order valence-corrected chi connectivity index (χ2v) is 17.5. The fourth-order valence-corrected chi connectivity index (χ4v) is 6.56. The van der Waals surface area contributed by atoms with Crippen LogP contribution in [0, 0.1) is 17.3 Å². The molecule has 14 nitrogen and oxygen atoms in total. The average Bonchev–Trinajstić information content (AvgIpc) is 3.81. The molecule has 2 saturated heterocycles. The number of amides is 4. The second-order valence-electron chi connectivity index (χ2n) is 17.5. The minimum atomic E-state index is -1.36. The van der Waals surface area contributed by atoms with E-state index in [1.54, 1.807) is 36.0 Å². The zero-order valence-electron chi connectivity index (χ0n) is 35.2. The van der Waals surface area contributed by atoms with E-state index in [0.717, 1.165) is 46.5 Å². The molecular weight excluding hydrogens is 737 g/mol. The lowest BCUT2D eigenvalue weighted by Gasteiger charge is -2.39. The molecule has 0 aliphatic carbocycles. The molecule has 4 aromatic rings. The van der Waals surface area contributed by atoms with Gasteiger partial charge in [0.15, 0.2) is 11.2 Å². The maximum Gasteiger partial charge on any atom is 0.410 e. The molecule has 6 rings (SSSR count). The molecular formula is C44H58N8O6. The summed E-state index contributed by atoms with van der Waals surface area (Å²) >= 11 is 0. The molecule has 58 heavy (non-hydrogen) atoms. The van der Waals surface area contributed by atoms with E-state index in [1.165, 1.54) is 0 Å². The number of aromatic nitrogens is 4. The van der Waals surface area contributed by atoms with Crippen molar-refractivity contribution in [1.29, 1.82) is 0 Å². The first-order valence-electron chi connectivity index (χ1n) is 20.2. The maximum absolute atomic E-state index is 13.8. The Labute approximate surface area is 340 Å². The van der Waals surface area contributed by atoms with E-state index in [9.17, 15) is 19.2 Å². The number of hydrogen-bond acceptors (Lipinski definition) is 8. The Bertz CT molecular complexity index is 2090. The molecule has 2 aliphatic heterocycles. The first-order valence-corrected chi connectivity index (χ1v) is 20.2. The summed E-state index contributed by atoms with van der Waals surface area (Å²) < 4.78 is 11.5. The highest BCUT2D eigenvalue weighted by atomic mass is 16.6. The number of carbonyl (C=O) groups is 4. The van der Waals surface area contributed by atoms with Crippen molar-refractivity contribution < 1.29 is 28.7 Å². The second kappa shape index (κ2) is 16.7. The summed E-state index contributed by atoms with van der Waals surface area (Å²) in [6.45, 7) is 19.6. The number of nitrogens with one attached hydrogen (secondary N) is 4. The first kappa shape index (κ1) is 42.0. The topological polar surface area (TPSA) is 175 Å². The van der Waals surface area contributed by atoms with Gasteiger partial charge in [0.1, 0.15) is 11.6 Å². The van der Waals surface area contributed by atoms with Gasteiger partial charge in [-0.1, -0.05) is 97.0 Å². The fraction of sp³-hybridized carbons (Fsp3) is 0.500. The molecule has 4 amide bonds. The molecule has 2 aromatic carbocycles. The van der Waals surface area contributed by atoms with Crippen molar-refractivity contribution in [2.45, 2.75) is 98.9 Å². The molecule has 0 saturated carbocycles. The van der Waals surface area contributed by atoms with Crippen LogP contribution >= 0.6 is 0 Å². The highest BCUT2D eigenvalue weighted by Crippen LogP contribution is 2.35. The van der Waals surface area contributed by atoms with E-state index in [2.05, 4.69) is 37.7 Å². The Balaban J connectivity index is 1.08. The van der Waals surface area contributed by atoms with Crippen molar-refractivity contribution in [3.05, 3.63) is 72.6 Å². The maximum atomic E-state index is 13.8. The summed E-state index contributed by atoms with van der Waals surface area (Å²) in [6, 6.07) is 15.8. The lowest BCUT2D eigenvalue weighted by Crippen LogP contribution is -2.56. The van der Waals surface area contributed by atoms with Gasteiger partial charge in [-0.05, 0) is 54.4 Å². The Kier molecular flexibility index (Phi) is 12.1. The van der Waals surface area contributed by atoms with E-state index >= 15 is 0 Å². The van der Waals surface area contributed by atoms with Gasteiger partial charge in [-0.2, -0.15) is 0 Å². The van der Waals surface area contributed by atoms with Crippen LogP contribution in [-0.4, -0.2) is 91.1 Å². The lowest BCUT2D eigenvalue weighted by atomic mass is 9.84. The van der Waals surface area contributed by atoms with Gasteiger partial charge in [-0.3, -0.25) is 9.59 Å². The van der Waals surface area contributed by atoms with Gasteiger partial charge in [-0.25, -0.2) is 19.6 Å². The highest BCUT2D eigenvalue weighted by Gasteiger charge is 2.45. The number of imidazole rings is 2. The lowest BCUT2D eigenvalue weighted by molar-refractivity contribution is -0.146. The number of hydrogen-bond donors (Lipinski definition) is 4. The predicted molar refractivity (Wildman–Crippen MR) is 221 cm³/mol. The fourth-order valence-electron chi connectivity index (χ4n) is 6.56. The molecule has 2 fully saturated rings. The van der Waals surface area contributed by atoms with E-state index < -0.39 is 34.8 Å². The summed E-state index contributed by atoms with van der Waals surface area (Å²) in [5.74, 6) is -0.0341. The SMILES string of the molecule is CC(C)C(C)(OC(=O)N1CCC1)C(=O)NCc1ncc(-c2ccc(-c3ccc(-c4cnc(C(NC(=O)C(C)(OC(=O)N5CCC5)C(C)C)C(C)(C)C)[nH]4)cc3)cc2)[nH]1. The summed E-state index contributed by atoms with van der Waals surface area (Å²) in [7, 11) is 0. The van der Waals surface area contributed by atoms with Crippen LogP contribution in [0.1, 0.15) is 92.8 Å². The molecule has 3 atom stereocenters. The van der Waals surface area contributed by atoms with Crippen LogP contribution < -0.4 is 10.6 Å². The standard InChI is InChI=1S/C44H58N8O6/c1-27(2)43(8,57-40(55)51-20-10-21-51)38(53)47-26-35-45-24-33(48-35)31-16-12-29(13-17-31)30-14-18-32(19-15-30)34-25-46-37(49-34)36(42(5,6)7)50-39(54)44(9,28(3)4)58-41(56)52-22-11-23-52/h12-19,24-25,27-28,36H,10-11,20-23,26H2,1-9H3,(H,45,48)(H,46,49)(H,47,53)(H,50,54). The number of ether oxygens (including phenoxy) is 2. The smallest absolute Gasteiger partial charge is 0.410 e. The van der Waals surface area contributed by atoms with Crippen LogP contribution in [0.4, 0.5) is 9.59 Å². The van der Waals surface area contributed by atoms with E-state index in [0.29, 0.717) is 37.8 Å². The number of likely N-dealkylation sites (tertiary alicyclic amines) is 2. The molecule has 2 aliphatic rings. The van der Waals surface area contributed by atoms with Crippen LogP contribution in [0.5, 0.6) is 0 Å². The third-order valence-corrected chi connectivity index (χ3v) is 11.7. The van der Waals surface area contributed by atoms with Crippen molar-refractivity contribution in [1.82, 2.24) is 40.4 Å². The minimum absolute atomic E-state index is 0.157. The van der Waals surface area contributed by atoms with Crippen LogP contribution in [0.2, 0.25) is 0 Å². The summed E-state index contributed by atoms with van der Waals surface area (Å²) in [5, 5.41) is 6.04. The minimum Gasteiger partial charge on any atom is -0.433 e. The van der Waals surface area contributed by atoms with E-state index in [-0.39, 0.29) is 30.2 Å². The molecule has 310 valence electrons. The van der Waals surface area contributed by atoms with Crippen LogP contribution in [0.25, 0.3) is 33.6 Å². The number of H-pyrrole nitrogens is 2. The molecule has 0 radical (unpaired) electrons. The number of nitrogens with zero attached hydrogens (tertiary/aromatic N) is 4. The van der Waals surface area contributed by atoms with Crippen LogP contribution in [0.15, 0.2) is 60.9 Å². The van der Waals surface area contributed by atoms with Gasteiger partial charge in [-0.15, -0.1) is 0 Å². The van der Waals surface area contributed by atoms with Crippen LogP contribution in [-0.2, 0) is 25.6 Å². The average molecular weight is 795 g/mol. The van der Waals surface area contributed by atoms with Crippen molar-refractivity contribution in [3.8, 4) is 33.6 Å². The molecule has 3 unspecified atom stereocenters. The Morgan fingerprint density at radius 2 is 1.09 bits per heavy atom. The van der Waals surface area contributed by atoms with Crippen molar-refractivity contribution >= 4 is 24.0 Å². The number of rotatable bonds is 13. The predicted octanol–water partition coefficient (Wildman–Crippen LogP) is 7.47.